The molecule has 0 aromatic heterocycles. The molecule has 1 N–H and O–H groups in total. The molecule has 0 unspecified atom stereocenters. The van der Waals surface area contributed by atoms with E-state index in [1.54, 1.807) is 24.3 Å². The fraction of sp³-hybridized carbons (Fsp3) is 0.231. The highest BCUT2D eigenvalue weighted by Gasteiger charge is 2.22. The Morgan fingerprint density at radius 1 is 1.42 bits per heavy atom. The van der Waals surface area contributed by atoms with Crippen molar-refractivity contribution in [2.45, 2.75) is 6.42 Å². The van der Waals surface area contributed by atoms with Gasteiger partial charge in [0.1, 0.15) is 5.75 Å². The summed E-state index contributed by atoms with van der Waals surface area (Å²) in [4.78, 5) is 13.5. The Morgan fingerprint density at radius 3 is 2.84 bits per heavy atom. The molecule has 1 aliphatic heterocycles. The summed E-state index contributed by atoms with van der Waals surface area (Å²) in [6, 6.07) is 8.84. The van der Waals surface area contributed by atoms with Gasteiger partial charge >= 0.3 is 6.09 Å². The van der Waals surface area contributed by atoms with Crippen molar-refractivity contribution >= 4 is 23.9 Å². The van der Waals surface area contributed by atoms with Crippen molar-refractivity contribution < 1.29 is 14.7 Å². The van der Waals surface area contributed by atoms with Crippen LogP contribution < -0.4 is 4.74 Å². The number of ether oxygens (including phenoxy) is 1. The lowest BCUT2D eigenvalue weighted by atomic mass is 10.1. The highest BCUT2D eigenvalue weighted by Crippen LogP contribution is 2.21. The first kappa shape index (κ1) is 13.4. The van der Waals surface area contributed by atoms with Crippen LogP contribution in [0.4, 0.5) is 4.79 Å². The quantitative estimate of drug-likeness (QED) is 0.515. The zero-order valence-electron chi connectivity index (χ0n) is 10.1. The number of carbonyl (C=O) groups excluding carboxylic acids is 1. The van der Waals surface area contributed by atoms with Crippen LogP contribution in [0.2, 0.25) is 0 Å². The van der Waals surface area contributed by atoms with E-state index in [9.17, 15) is 4.79 Å². The maximum Gasteiger partial charge on any atom is 0.415 e. The number of para-hydroxylation sites is 1. The monoisotopic (exact) mass is 280 g/mol. The number of hydrogen-bond donors (Lipinski definition) is 1. The molecule has 1 aliphatic rings. The van der Waals surface area contributed by atoms with Crippen molar-refractivity contribution in [3.05, 3.63) is 40.9 Å². The number of amides is 1. The van der Waals surface area contributed by atoms with Crippen LogP contribution in [0.25, 0.3) is 0 Å². The number of rotatable bonds is 2. The summed E-state index contributed by atoms with van der Waals surface area (Å²) in [5.74, 6) is 0.491. The number of benzene rings is 1. The summed E-state index contributed by atoms with van der Waals surface area (Å²) in [6.07, 6.45) is 1.32. The third-order valence-corrected chi connectivity index (χ3v) is 3.16. The number of hydrogen-bond acceptors (Lipinski definition) is 4. The van der Waals surface area contributed by atoms with Gasteiger partial charge in [0.2, 0.25) is 0 Å². The van der Waals surface area contributed by atoms with E-state index in [2.05, 4.69) is 5.16 Å². The lowest BCUT2D eigenvalue weighted by Gasteiger charge is -2.26. The van der Waals surface area contributed by atoms with Crippen molar-refractivity contribution in [1.82, 2.24) is 4.90 Å². The molecule has 0 radical (unpaired) electrons. The highest BCUT2D eigenvalue weighted by molar-refractivity contribution is 6.31. The zero-order chi connectivity index (χ0) is 13.7. The lowest BCUT2D eigenvalue weighted by molar-refractivity contribution is 0.155. The molecule has 100 valence electrons. The summed E-state index contributed by atoms with van der Waals surface area (Å²) in [5.41, 5.74) is 0.612. The summed E-state index contributed by atoms with van der Waals surface area (Å²) in [6.45, 7) is 0.752. The first-order valence-corrected chi connectivity index (χ1v) is 6.15. The molecule has 5 nitrogen and oxygen atoms in total. The van der Waals surface area contributed by atoms with Gasteiger partial charge in [-0.3, -0.25) is 0 Å². The number of halogens is 1. The van der Waals surface area contributed by atoms with Gasteiger partial charge in [0.05, 0.1) is 12.8 Å². The van der Waals surface area contributed by atoms with Crippen molar-refractivity contribution in [3.8, 4) is 5.75 Å². The normalized spacial score (nSPS) is 15.9. The Hall–Kier alpha value is -2.01. The van der Waals surface area contributed by atoms with Crippen LogP contribution in [0, 0.1) is 0 Å². The van der Waals surface area contributed by atoms with E-state index in [-0.39, 0.29) is 6.54 Å². The maximum absolute atomic E-state index is 12.0. The Labute approximate surface area is 115 Å². The largest absolute Gasteiger partial charge is 0.415 e. The second-order valence-electron chi connectivity index (χ2n) is 4.03. The van der Waals surface area contributed by atoms with Gasteiger partial charge in [0.15, 0.2) is 0 Å². The van der Waals surface area contributed by atoms with Gasteiger partial charge in [-0.2, -0.15) is 0 Å². The molecule has 1 heterocycles. The van der Waals surface area contributed by atoms with Crippen LogP contribution in [-0.4, -0.2) is 35.5 Å². The standard InChI is InChI=1S/C13H13ClN2O3/c14-12-6-7-16(9-10(12)8-15-18)13(17)19-11-4-2-1-3-5-11/h1-5,8,18H,6-7,9H2. The Morgan fingerprint density at radius 2 is 2.16 bits per heavy atom. The molecule has 1 aromatic carbocycles. The van der Waals surface area contributed by atoms with Crippen LogP contribution in [-0.2, 0) is 0 Å². The molecule has 6 heteroatoms. The van der Waals surface area contributed by atoms with E-state index in [0.29, 0.717) is 29.3 Å². The second-order valence-corrected chi connectivity index (χ2v) is 4.48. The SMILES string of the molecule is O=C(Oc1ccccc1)N1CCC(Cl)=C(C=NO)C1. The second kappa shape index (κ2) is 6.24. The minimum absolute atomic E-state index is 0.272. The van der Waals surface area contributed by atoms with Crippen molar-refractivity contribution in [2.24, 2.45) is 5.16 Å². The van der Waals surface area contributed by atoms with E-state index in [4.69, 9.17) is 21.5 Å². The van der Waals surface area contributed by atoms with Crippen molar-refractivity contribution in [3.63, 3.8) is 0 Å². The van der Waals surface area contributed by atoms with E-state index >= 15 is 0 Å². The van der Waals surface area contributed by atoms with Gasteiger partial charge in [-0.15, -0.1) is 0 Å². The summed E-state index contributed by atoms with van der Waals surface area (Å²) in [5, 5.41) is 12.1. The molecule has 0 spiro atoms. The molecule has 1 aromatic rings. The molecule has 19 heavy (non-hydrogen) atoms. The molecule has 2 rings (SSSR count). The third-order valence-electron chi connectivity index (χ3n) is 2.73. The minimum Gasteiger partial charge on any atom is -0.411 e. The first-order chi connectivity index (χ1) is 9.20. The third kappa shape index (κ3) is 3.48. The van der Waals surface area contributed by atoms with Crippen molar-refractivity contribution in [2.75, 3.05) is 13.1 Å². The molecule has 0 aliphatic carbocycles. The average Bonchev–Trinajstić information content (AvgIpc) is 2.42. The van der Waals surface area contributed by atoms with Crippen LogP contribution in [0.1, 0.15) is 6.42 Å². The fourth-order valence-corrected chi connectivity index (χ4v) is 1.95. The molecule has 0 saturated carbocycles. The topological polar surface area (TPSA) is 62.1 Å². The number of nitrogens with zero attached hydrogens (tertiary/aromatic N) is 2. The lowest BCUT2D eigenvalue weighted by Crippen LogP contribution is -2.38. The number of oxime groups is 1. The van der Waals surface area contributed by atoms with Crippen LogP contribution in [0.15, 0.2) is 46.1 Å². The fourth-order valence-electron chi connectivity index (χ4n) is 1.75. The Balaban J connectivity index is 2.02. The average molecular weight is 281 g/mol. The number of carbonyl (C=O) groups is 1. The van der Waals surface area contributed by atoms with Gasteiger partial charge in [0.25, 0.3) is 0 Å². The Kier molecular flexibility index (Phi) is 4.41. The smallest absolute Gasteiger partial charge is 0.411 e. The van der Waals surface area contributed by atoms with Gasteiger partial charge in [0, 0.05) is 23.6 Å². The summed E-state index contributed by atoms with van der Waals surface area (Å²) >= 11 is 5.99. The molecule has 0 fully saturated rings. The van der Waals surface area contributed by atoms with E-state index in [0.717, 1.165) is 0 Å². The first-order valence-electron chi connectivity index (χ1n) is 5.77. The molecule has 1 amide bonds. The van der Waals surface area contributed by atoms with E-state index in [1.165, 1.54) is 11.1 Å². The Bertz CT molecular complexity index is 514. The summed E-state index contributed by atoms with van der Waals surface area (Å²) < 4.78 is 5.23. The predicted octanol–water partition coefficient (Wildman–Crippen LogP) is 2.84. The summed E-state index contributed by atoms with van der Waals surface area (Å²) in [7, 11) is 0. The van der Waals surface area contributed by atoms with Crippen molar-refractivity contribution in [1.29, 1.82) is 0 Å². The van der Waals surface area contributed by atoms with Gasteiger partial charge in [-0.25, -0.2) is 4.79 Å². The van der Waals surface area contributed by atoms with Gasteiger partial charge in [-0.05, 0) is 12.1 Å². The van der Waals surface area contributed by atoms with Crippen LogP contribution in [0.3, 0.4) is 0 Å². The van der Waals surface area contributed by atoms with Gasteiger partial charge in [-0.1, -0.05) is 35.0 Å². The molecular formula is C13H13ClN2O3. The molecule has 0 atom stereocenters. The maximum atomic E-state index is 12.0. The van der Waals surface area contributed by atoms with E-state index in [1.807, 2.05) is 6.07 Å². The van der Waals surface area contributed by atoms with Gasteiger partial charge < -0.3 is 14.8 Å². The van der Waals surface area contributed by atoms with E-state index < -0.39 is 6.09 Å². The van der Waals surface area contributed by atoms with Crippen LogP contribution in [0.5, 0.6) is 5.75 Å². The minimum atomic E-state index is -0.445. The molecular weight excluding hydrogens is 268 g/mol. The van der Waals surface area contributed by atoms with Crippen LogP contribution >= 0.6 is 11.6 Å². The highest BCUT2D eigenvalue weighted by atomic mass is 35.5. The zero-order valence-corrected chi connectivity index (χ0v) is 10.9. The molecule has 0 bridgehead atoms. The molecule has 0 saturated heterocycles. The predicted molar refractivity (Wildman–Crippen MR) is 71.8 cm³/mol.